The first-order valence-electron chi connectivity index (χ1n) is 9.47. The molecule has 0 aliphatic carbocycles. The van der Waals surface area contributed by atoms with Gasteiger partial charge < -0.3 is 9.47 Å². The van der Waals surface area contributed by atoms with Crippen LogP contribution in [0.1, 0.15) is 37.2 Å². The molecule has 6 heteroatoms. The molecule has 4 atom stereocenters. The lowest BCUT2D eigenvalue weighted by atomic mass is 9.94. The third kappa shape index (κ3) is 2.64. The topological polar surface area (TPSA) is 68.0 Å². The van der Waals surface area contributed by atoms with Crippen molar-refractivity contribution in [3.05, 3.63) is 71.8 Å². The first-order valence-corrected chi connectivity index (χ1v) is 9.47. The number of nitrogens with zero attached hydrogens (tertiary/aromatic N) is 2. The second kappa shape index (κ2) is 7.20. The van der Waals surface area contributed by atoms with E-state index in [1.54, 1.807) is 13.8 Å². The van der Waals surface area contributed by atoms with Crippen molar-refractivity contribution in [3.8, 4) is 0 Å². The van der Waals surface area contributed by atoms with Gasteiger partial charge in [-0.15, -0.1) is 0 Å². The summed E-state index contributed by atoms with van der Waals surface area (Å²) in [5.74, 6) is -1.04. The van der Waals surface area contributed by atoms with Crippen LogP contribution in [0.3, 0.4) is 0 Å². The predicted octanol–water partition coefficient (Wildman–Crippen LogP) is 3.06. The highest BCUT2D eigenvalue weighted by Crippen LogP contribution is 2.63. The summed E-state index contributed by atoms with van der Waals surface area (Å²) in [6.07, 6.45) is -0.449. The molecule has 1 unspecified atom stereocenters. The summed E-state index contributed by atoms with van der Waals surface area (Å²) >= 11 is 0. The maximum atomic E-state index is 13.1. The van der Waals surface area contributed by atoms with E-state index in [0.29, 0.717) is 0 Å². The average molecular weight is 378 g/mol. The lowest BCUT2D eigenvalue weighted by molar-refractivity contribution is -0.146. The van der Waals surface area contributed by atoms with E-state index in [1.807, 2.05) is 65.6 Å². The van der Waals surface area contributed by atoms with Crippen molar-refractivity contribution >= 4 is 17.7 Å². The molecule has 2 aliphatic rings. The summed E-state index contributed by atoms with van der Waals surface area (Å²) in [4.78, 5) is 32.5. The van der Waals surface area contributed by atoms with Gasteiger partial charge in [-0.1, -0.05) is 60.7 Å². The van der Waals surface area contributed by atoms with Gasteiger partial charge in [-0.2, -0.15) is 0 Å². The Morgan fingerprint density at radius 1 is 0.929 bits per heavy atom. The van der Waals surface area contributed by atoms with Crippen LogP contribution >= 0.6 is 0 Å². The molecule has 6 nitrogen and oxygen atoms in total. The monoisotopic (exact) mass is 378 g/mol. The summed E-state index contributed by atoms with van der Waals surface area (Å²) in [5, 5.41) is 0. The van der Waals surface area contributed by atoms with Gasteiger partial charge in [0, 0.05) is 0 Å². The van der Waals surface area contributed by atoms with E-state index in [1.165, 1.54) is 0 Å². The molecule has 1 saturated heterocycles. The lowest BCUT2D eigenvalue weighted by Gasteiger charge is -2.14. The number of carbonyl (C=O) groups excluding carboxylic acids is 2. The fourth-order valence-corrected chi connectivity index (χ4v) is 4.04. The average Bonchev–Trinajstić information content (AvgIpc) is 3.29. The number of hydrogen-bond acceptors (Lipinski definition) is 6. The summed E-state index contributed by atoms with van der Waals surface area (Å²) in [7, 11) is 0. The molecule has 0 radical (unpaired) electrons. The van der Waals surface area contributed by atoms with Crippen LogP contribution in [0.25, 0.3) is 0 Å². The summed E-state index contributed by atoms with van der Waals surface area (Å²) in [5.41, 5.74) is 0.724. The minimum atomic E-state index is -1.25. The van der Waals surface area contributed by atoms with Crippen molar-refractivity contribution in [2.24, 2.45) is 4.99 Å². The van der Waals surface area contributed by atoms with E-state index in [2.05, 4.69) is 4.99 Å². The number of hydrogen-bond donors (Lipinski definition) is 0. The van der Waals surface area contributed by atoms with E-state index in [4.69, 9.17) is 9.47 Å². The number of ether oxygens (including phenoxy) is 2. The molecular weight excluding hydrogens is 356 g/mol. The largest absolute Gasteiger partial charge is 0.464 e. The molecule has 2 aliphatic heterocycles. The van der Waals surface area contributed by atoms with E-state index in [9.17, 15) is 9.59 Å². The Kier molecular flexibility index (Phi) is 4.73. The van der Waals surface area contributed by atoms with Crippen LogP contribution in [0, 0.1) is 0 Å². The Labute approximate surface area is 163 Å². The Morgan fingerprint density at radius 3 is 2.07 bits per heavy atom. The van der Waals surface area contributed by atoms with Crippen LogP contribution < -0.4 is 0 Å². The Bertz CT molecular complexity index is 913. The molecule has 0 bridgehead atoms. The molecule has 0 aromatic heterocycles. The maximum absolute atomic E-state index is 13.1. The SMILES string of the molecule is CCOC(=O)C1=N[C@H](c2ccccc2)N2[C@H](c3ccccc3)[C@@]12C(=O)OCC. The quantitative estimate of drug-likeness (QED) is 0.571. The molecule has 4 rings (SSSR count). The van der Waals surface area contributed by atoms with Crippen molar-refractivity contribution in [2.75, 3.05) is 13.2 Å². The molecule has 2 heterocycles. The molecule has 0 spiro atoms. The molecule has 144 valence electrons. The molecule has 0 N–H and O–H groups in total. The zero-order valence-electron chi connectivity index (χ0n) is 15.9. The van der Waals surface area contributed by atoms with Gasteiger partial charge in [0.25, 0.3) is 0 Å². The fraction of sp³-hybridized carbons (Fsp3) is 0.318. The number of aliphatic imine (C=N–C) groups is 1. The summed E-state index contributed by atoms with van der Waals surface area (Å²) < 4.78 is 10.6. The van der Waals surface area contributed by atoms with Gasteiger partial charge >= 0.3 is 11.9 Å². The number of carbonyl (C=O) groups is 2. The van der Waals surface area contributed by atoms with E-state index in [-0.39, 0.29) is 25.0 Å². The predicted molar refractivity (Wildman–Crippen MR) is 104 cm³/mol. The van der Waals surface area contributed by atoms with Crippen molar-refractivity contribution in [3.63, 3.8) is 0 Å². The first-order chi connectivity index (χ1) is 13.7. The highest BCUT2D eigenvalue weighted by molar-refractivity contribution is 6.47. The zero-order chi connectivity index (χ0) is 19.7. The third-order valence-corrected chi connectivity index (χ3v) is 5.16. The molecule has 0 saturated carbocycles. The smallest absolute Gasteiger partial charge is 0.354 e. The molecule has 28 heavy (non-hydrogen) atoms. The van der Waals surface area contributed by atoms with Crippen molar-refractivity contribution < 1.29 is 19.1 Å². The number of fused-ring (bicyclic) bond motifs is 1. The van der Waals surface area contributed by atoms with Crippen molar-refractivity contribution in [2.45, 2.75) is 31.6 Å². The molecule has 0 amide bonds. The molecule has 2 aromatic carbocycles. The van der Waals surface area contributed by atoms with Gasteiger partial charge in [0.15, 0.2) is 11.3 Å². The maximum Gasteiger partial charge on any atom is 0.354 e. The fourth-order valence-electron chi connectivity index (χ4n) is 4.04. The normalized spacial score (nSPS) is 27.5. The van der Waals surface area contributed by atoms with Gasteiger partial charge in [0.1, 0.15) is 6.17 Å². The van der Waals surface area contributed by atoms with Gasteiger partial charge in [-0.3, -0.25) is 4.99 Å². The standard InChI is InChI=1S/C22H22N2O4/c1-3-27-20(25)17-22(21(26)28-4-2)18(15-11-7-5-8-12-15)24(22)19(23-17)16-13-9-6-10-14-16/h5-14,18-19H,3-4H2,1-2H3/t18-,19+,22-,24?/m1/s1. The summed E-state index contributed by atoms with van der Waals surface area (Å²) in [6.45, 7) is 3.92. The van der Waals surface area contributed by atoms with E-state index in [0.717, 1.165) is 11.1 Å². The highest BCUT2D eigenvalue weighted by Gasteiger charge is 2.79. The van der Waals surface area contributed by atoms with Crippen LogP contribution in [0.15, 0.2) is 65.7 Å². The highest BCUT2D eigenvalue weighted by atomic mass is 16.5. The zero-order valence-corrected chi connectivity index (χ0v) is 15.9. The van der Waals surface area contributed by atoms with Gasteiger partial charge in [0.05, 0.1) is 19.3 Å². The Morgan fingerprint density at radius 2 is 1.50 bits per heavy atom. The van der Waals surface area contributed by atoms with Crippen LogP contribution in [0.4, 0.5) is 0 Å². The molecule has 2 aromatic rings. The minimum absolute atomic E-state index is 0.121. The van der Waals surface area contributed by atoms with Crippen LogP contribution in [0.5, 0.6) is 0 Å². The van der Waals surface area contributed by atoms with E-state index < -0.39 is 23.6 Å². The second-order valence-corrected chi connectivity index (χ2v) is 6.69. The third-order valence-electron chi connectivity index (χ3n) is 5.16. The lowest BCUT2D eigenvalue weighted by Crippen LogP contribution is -2.42. The number of benzene rings is 2. The number of rotatable bonds is 6. The number of esters is 2. The van der Waals surface area contributed by atoms with Crippen LogP contribution in [-0.2, 0) is 19.1 Å². The first kappa shape index (κ1) is 18.4. The minimum Gasteiger partial charge on any atom is -0.464 e. The summed E-state index contributed by atoms with van der Waals surface area (Å²) in [6, 6.07) is 19.0. The van der Waals surface area contributed by atoms with Crippen molar-refractivity contribution in [1.82, 2.24) is 4.90 Å². The van der Waals surface area contributed by atoms with Gasteiger partial charge in [0.2, 0.25) is 0 Å². The van der Waals surface area contributed by atoms with Crippen LogP contribution in [-0.4, -0.2) is 41.3 Å². The van der Waals surface area contributed by atoms with Crippen molar-refractivity contribution in [1.29, 1.82) is 0 Å². The van der Waals surface area contributed by atoms with Gasteiger partial charge in [-0.25, -0.2) is 14.5 Å². The Hall–Kier alpha value is -2.99. The van der Waals surface area contributed by atoms with E-state index >= 15 is 0 Å². The molecular formula is C22H22N2O4. The Balaban J connectivity index is 1.85. The molecule has 1 fully saturated rings. The van der Waals surface area contributed by atoms with Crippen LogP contribution in [0.2, 0.25) is 0 Å². The van der Waals surface area contributed by atoms with Gasteiger partial charge in [-0.05, 0) is 25.0 Å². The second-order valence-electron chi connectivity index (χ2n) is 6.69.